The zero-order valence-electron chi connectivity index (χ0n) is 10.8. The standard InChI is InChI=1S/C13H21NO3/c1-8(14-17-7-9-4-5-9)6-10-11(12(15)16)13(10,2)3/h9-11H,4-7H2,1-3H3,(H,15,16)/t10-,11-/m0/s1. The molecule has 0 spiro atoms. The minimum Gasteiger partial charge on any atom is -0.481 e. The fraction of sp³-hybridized carbons (Fsp3) is 0.846. The molecule has 0 aliphatic heterocycles. The van der Waals surface area contributed by atoms with Gasteiger partial charge in [0.1, 0.15) is 6.61 Å². The first-order valence-electron chi connectivity index (χ1n) is 6.31. The van der Waals surface area contributed by atoms with Gasteiger partial charge in [-0.2, -0.15) is 0 Å². The Labute approximate surface area is 102 Å². The van der Waals surface area contributed by atoms with Gasteiger partial charge in [-0.1, -0.05) is 19.0 Å². The lowest BCUT2D eigenvalue weighted by molar-refractivity contribution is -0.139. The maximum Gasteiger partial charge on any atom is 0.307 e. The van der Waals surface area contributed by atoms with Gasteiger partial charge in [0.2, 0.25) is 0 Å². The van der Waals surface area contributed by atoms with Crippen LogP contribution in [0.1, 0.15) is 40.0 Å². The molecule has 0 saturated heterocycles. The van der Waals surface area contributed by atoms with Crippen LogP contribution in [0.4, 0.5) is 0 Å². The van der Waals surface area contributed by atoms with E-state index in [1.807, 2.05) is 20.8 Å². The summed E-state index contributed by atoms with van der Waals surface area (Å²) in [5, 5.41) is 13.1. The Hall–Kier alpha value is -1.06. The van der Waals surface area contributed by atoms with E-state index < -0.39 is 5.97 Å². The Morgan fingerprint density at radius 2 is 2.12 bits per heavy atom. The Morgan fingerprint density at radius 3 is 2.59 bits per heavy atom. The molecule has 0 amide bonds. The van der Waals surface area contributed by atoms with Crippen LogP contribution in [-0.2, 0) is 9.63 Å². The third kappa shape index (κ3) is 2.79. The number of carboxylic acid groups (broad SMARTS) is 1. The van der Waals surface area contributed by atoms with Crippen LogP contribution in [0, 0.1) is 23.2 Å². The Balaban J connectivity index is 1.78. The zero-order valence-corrected chi connectivity index (χ0v) is 10.8. The van der Waals surface area contributed by atoms with E-state index in [-0.39, 0.29) is 17.3 Å². The molecule has 0 aromatic rings. The highest BCUT2D eigenvalue weighted by atomic mass is 16.6. The SMILES string of the molecule is CC(C[C@H]1[C@@H](C(=O)O)C1(C)C)=NOCC1CC1. The van der Waals surface area contributed by atoms with E-state index in [9.17, 15) is 4.79 Å². The van der Waals surface area contributed by atoms with Gasteiger partial charge in [0, 0.05) is 0 Å². The number of nitrogens with zero attached hydrogens (tertiary/aromatic N) is 1. The molecule has 2 atom stereocenters. The van der Waals surface area contributed by atoms with Gasteiger partial charge in [0.05, 0.1) is 11.6 Å². The van der Waals surface area contributed by atoms with E-state index in [2.05, 4.69) is 5.16 Å². The van der Waals surface area contributed by atoms with Crippen molar-refractivity contribution < 1.29 is 14.7 Å². The quantitative estimate of drug-likeness (QED) is 0.572. The smallest absolute Gasteiger partial charge is 0.307 e. The van der Waals surface area contributed by atoms with Gasteiger partial charge >= 0.3 is 5.97 Å². The Kier molecular flexibility index (Phi) is 3.15. The molecule has 0 heterocycles. The maximum atomic E-state index is 11.0. The maximum absolute atomic E-state index is 11.0. The van der Waals surface area contributed by atoms with E-state index >= 15 is 0 Å². The monoisotopic (exact) mass is 239 g/mol. The van der Waals surface area contributed by atoms with Crippen molar-refractivity contribution in [3.05, 3.63) is 0 Å². The third-order valence-electron chi connectivity index (χ3n) is 4.06. The number of oxime groups is 1. The van der Waals surface area contributed by atoms with Crippen LogP contribution < -0.4 is 0 Å². The van der Waals surface area contributed by atoms with Crippen LogP contribution in [0.2, 0.25) is 0 Å². The van der Waals surface area contributed by atoms with Gasteiger partial charge in [0.25, 0.3) is 0 Å². The fourth-order valence-electron chi connectivity index (χ4n) is 2.51. The number of rotatable bonds is 6. The van der Waals surface area contributed by atoms with Gasteiger partial charge in [-0.05, 0) is 43.4 Å². The molecular weight excluding hydrogens is 218 g/mol. The largest absolute Gasteiger partial charge is 0.481 e. The predicted molar refractivity (Wildman–Crippen MR) is 64.8 cm³/mol. The van der Waals surface area contributed by atoms with Crippen molar-refractivity contribution >= 4 is 11.7 Å². The molecule has 4 nitrogen and oxygen atoms in total. The first-order chi connectivity index (χ1) is 7.93. The summed E-state index contributed by atoms with van der Waals surface area (Å²) in [6, 6.07) is 0. The van der Waals surface area contributed by atoms with E-state index in [4.69, 9.17) is 9.94 Å². The molecular formula is C13H21NO3. The van der Waals surface area contributed by atoms with Crippen LogP contribution in [0.5, 0.6) is 0 Å². The Bertz CT molecular complexity index is 345. The normalized spacial score (nSPS) is 31.1. The molecule has 17 heavy (non-hydrogen) atoms. The second-order valence-corrected chi connectivity index (χ2v) is 6.01. The Morgan fingerprint density at radius 1 is 1.47 bits per heavy atom. The first-order valence-corrected chi connectivity index (χ1v) is 6.31. The van der Waals surface area contributed by atoms with Crippen molar-refractivity contribution in [3.8, 4) is 0 Å². The number of hydrogen-bond donors (Lipinski definition) is 1. The van der Waals surface area contributed by atoms with Gasteiger partial charge in [-0.3, -0.25) is 4.79 Å². The van der Waals surface area contributed by atoms with Crippen LogP contribution in [-0.4, -0.2) is 23.4 Å². The van der Waals surface area contributed by atoms with Gasteiger partial charge in [-0.25, -0.2) is 0 Å². The summed E-state index contributed by atoms with van der Waals surface area (Å²) in [7, 11) is 0. The van der Waals surface area contributed by atoms with Crippen LogP contribution in [0.3, 0.4) is 0 Å². The molecule has 0 aromatic carbocycles. The highest BCUT2D eigenvalue weighted by Gasteiger charge is 2.61. The third-order valence-corrected chi connectivity index (χ3v) is 4.06. The number of carbonyl (C=O) groups is 1. The highest BCUT2D eigenvalue weighted by Crippen LogP contribution is 2.60. The summed E-state index contributed by atoms with van der Waals surface area (Å²) in [6.07, 6.45) is 3.24. The van der Waals surface area contributed by atoms with Crippen LogP contribution in [0.15, 0.2) is 5.16 Å². The minimum absolute atomic E-state index is 0.0981. The van der Waals surface area contributed by atoms with Crippen LogP contribution in [0.25, 0.3) is 0 Å². The van der Waals surface area contributed by atoms with Gasteiger partial charge in [0.15, 0.2) is 0 Å². The van der Waals surface area contributed by atoms with Crippen molar-refractivity contribution in [1.29, 1.82) is 0 Å². The molecule has 0 unspecified atom stereocenters. The molecule has 0 bridgehead atoms. The van der Waals surface area contributed by atoms with Crippen molar-refractivity contribution in [2.24, 2.45) is 28.3 Å². The lowest BCUT2D eigenvalue weighted by Crippen LogP contribution is -2.03. The van der Waals surface area contributed by atoms with E-state index in [1.165, 1.54) is 12.8 Å². The average molecular weight is 239 g/mol. The highest BCUT2D eigenvalue weighted by molar-refractivity contribution is 5.84. The van der Waals surface area contributed by atoms with Crippen molar-refractivity contribution in [2.75, 3.05) is 6.61 Å². The summed E-state index contributed by atoms with van der Waals surface area (Å²) in [6.45, 7) is 6.65. The van der Waals surface area contributed by atoms with Crippen LogP contribution >= 0.6 is 0 Å². The minimum atomic E-state index is -0.688. The molecule has 1 N–H and O–H groups in total. The zero-order chi connectivity index (χ0) is 12.6. The summed E-state index contributed by atoms with van der Waals surface area (Å²) >= 11 is 0. The molecule has 4 heteroatoms. The summed E-state index contributed by atoms with van der Waals surface area (Å²) in [5.41, 5.74) is 0.812. The topological polar surface area (TPSA) is 58.9 Å². The molecule has 0 radical (unpaired) electrons. The van der Waals surface area contributed by atoms with Gasteiger partial charge < -0.3 is 9.94 Å². The van der Waals surface area contributed by atoms with Crippen molar-refractivity contribution in [3.63, 3.8) is 0 Å². The van der Waals surface area contributed by atoms with E-state index in [1.54, 1.807) is 0 Å². The van der Waals surface area contributed by atoms with Crippen molar-refractivity contribution in [1.82, 2.24) is 0 Å². The molecule has 2 aliphatic carbocycles. The number of carboxylic acids is 1. The summed E-state index contributed by atoms with van der Waals surface area (Å²) < 4.78 is 0. The lowest BCUT2D eigenvalue weighted by atomic mass is 10.1. The first kappa shape index (κ1) is 12.4. The lowest BCUT2D eigenvalue weighted by Gasteiger charge is -2.02. The molecule has 96 valence electrons. The van der Waals surface area contributed by atoms with E-state index in [0.29, 0.717) is 12.5 Å². The molecule has 0 aromatic heterocycles. The molecule has 2 rings (SSSR count). The predicted octanol–water partition coefficient (Wildman–Crippen LogP) is 2.54. The number of hydrogen-bond acceptors (Lipinski definition) is 3. The second-order valence-electron chi connectivity index (χ2n) is 6.01. The summed E-state index contributed by atoms with van der Waals surface area (Å²) in [4.78, 5) is 16.3. The van der Waals surface area contributed by atoms with Crippen molar-refractivity contribution in [2.45, 2.75) is 40.0 Å². The molecule has 2 aliphatic rings. The fourth-order valence-corrected chi connectivity index (χ4v) is 2.51. The average Bonchev–Trinajstić information content (AvgIpc) is 3.06. The van der Waals surface area contributed by atoms with E-state index in [0.717, 1.165) is 12.1 Å². The van der Waals surface area contributed by atoms with Gasteiger partial charge in [-0.15, -0.1) is 0 Å². The number of aliphatic carboxylic acids is 1. The second kappa shape index (κ2) is 4.31. The summed E-state index contributed by atoms with van der Waals surface area (Å²) in [5.74, 6) is -0.00765. The molecule has 2 fully saturated rings. The molecule has 2 saturated carbocycles.